The Labute approximate surface area is 98.4 Å². The molecule has 1 nitrogen and oxygen atoms in total. The predicted octanol–water partition coefficient (Wildman–Crippen LogP) is 1.56. The largest absolute Gasteiger partial charge is 0.411 e. The highest BCUT2D eigenvalue weighted by atomic mass is 28.3. The van der Waals surface area contributed by atoms with Crippen molar-refractivity contribution in [3.05, 3.63) is 60.7 Å². The average molecular weight is 228 g/mol. The summed E-state index contributed by atoms with van der Waals surface area (Å²) in [6, 6.07) is 21.1. The summed E-state index contributed by atoms with van der Waals surface area (Å²) in [4.78, 5) is 0. The average Bonchev–Trinajstić information content (AvgIpc) is 2.38. The Balaban J connectivity index is 2.31. The van der Waals surface area contributed by atoms with Gasteiger partial charge in [0.05, 0.1) is 0 Å². The quantitative estimate of drug-likeness (QED) is 0.722. The standard InChI is InChI=1S/C14H16OSi/c1-2-15-16(13-9-5-3-6-10-13)14-11-7-4-8-12-14/h3-12,16H,2H2,1H3. The second kappa shape index (κ2) is 5.63. The maximum Gasteiger partial charge on any atom is 0.239 e. The normalized spacial score (nSPS) is 10.6. The number of hydrogen-bond acceptors (Lipinski definition) is 1. The molecule has 0 atom stereocenters. The van der Waals surface area contributed by atoms with E-state index in [4.69, 9.17) is 4.43 Å². The first-order valence-electron chi connectivity index (χ1n) is 5.63. The molecule has 2 heteroatoms. The molecule has 0 amide bonds. The lowest BCUT2D eigenvalue weighted by molar-refractivity contribution is 0.358. The lowest BCUT2D eigenvalue weighted by atomic mass is 10.4. The Morgan fingerprint density at radius 2 is 1.25 bits per heavy atom. The molecule has 2 rings (SSSR count). The summed E-state index contributed by atoms with van der Waals surface area (Å²) >= 11 is 0. The van der Waals surface area contributed by atoms with E-state index in [1.165, 1.54) is 10.4 Å². The van der Waals surface area contributed by atoms with Crippen molar-refractivity contribution in [2.24, 2.45) is 0 Å². The second-order valence-corrected chi connectivity index (χ2v) is 6.08. The molecule has 0 heterocycles. The zero-order valence-corrected chi connectivity index (χ0v) is 10.6. The van der Waals surface area contributed by atoms with Gasteiger partial charge in [-0.2, -0.15) is 0 Å². The molecule has 2 aromatic carbocycles. The zero-order valence-electron chi connectivity index (χ0n) is 9.47. The van der Waals surface area contributed by atoms with Gasteiger partial charge >= 0.3 is 0 Å². The van der Waals surface area contributed by atoms with Gasteiger partial charge in [0, 0.05) is 6.61 Å². The van der Waals surface area contributed by atoms with E-state index in [2.05, 4.69) is 55.5 Å². The van der Waals surface area contributed by atoms with Crippen molar-refractivity contribution in [2.45, 2.75) is 6.92 Å². The lowest BCUT2D eigenvalue weighted by Crippen LogP contribution is -2.44. The molecule has 0 fully saturated rings. The molecule has 0 aliphatic carbocycles. The van der Waals surface area contributed by atoms with Crippen molar-refractivity contribution in [3.63, 3.8) is 0 Å². The molecule has 0 bridgehead atoms. The maximum absolute atomic E-state index is 5.95. The van der Waals surface area contributed by atoms with Crippen LogP contribution in [0, 0.1) is 0 Å². The molecule has 0 unspecified atom stereocenters. The van der Waals surface area contributed by atoms with Gasteiger partial charge in [-0.05, 0) is 17.3 Å². The fourth-order valence-corrected chi connectivity index (χ4v) is 4.05. The van der Waals surface area contributed by atoms with Crippen LogP contribution in [0.3, 0.4) is 0 Å². The van der Waals surface area contributed by atoms with Gasteiger partial charge in [-0.3, -0.25) is 0 Å². The van der Waals surface area contributed by atoms with Gasteiger partial charge in [-0.15, -0.1) is 0 Å². The van der Waals surface area contributed by atoms with Crippen LogP contribution in [-0.4, -0.2) is 15.6 Å². The monoisotopic (exact) mass is 228 g/mol. The summed E-state index contributed by atoms with van der Waals surface area (Å²) in [5.74, 6) is 0. The van der Waals surface area contributed by atoms with Crippen LogP contribution in [0.4, 0.5) is 0 Å². The van der Waals surface area contributed by atoms with Gasteiger partial charge in [0.2, 0.25) is 9.04 Å². The Kier molecular flexibility index (Phi) is 3.91. The van der Waals surface area contributed by atoms with E-state index in [0.717, 1.165) is 6.61 Å². The fraction of sp³-hybridized carbons (Fsp3) is 0.143. The molecule has 0 radical (unpaired) electrons. The van der Waals surface area contributed by atoms with E-state index >= 15 is 0 Å². The van der Waals surface area contributed by atoms with Crippen LogP contribution in [0.15, 0.2) is 60.7 Å². The van der Waals surface area contributed by atoms with E-state index < -0.39 is 9.04 Å². The first-order chi connectivity index (χ1) is 7.92. The van der Waals surface area contributed by atoms with Gasteiger partial charge < -0.3 is 4.43 Å². The smallest absolute Gasteiger partial charge is 0.239 e. The highest BCUT2D eigenvalue weighted by molar-refractivity contribution is 6.80. The predicted molar refractivity (Wildman–Crippen MR) is 70.9 cm³/mol. The minimum Gasteiger partial charge on any atom is -0.411 e. The summed E-state index contributed by atoms with van der Waals surface area (Å²) in [6.45, 7) is 2.84. The Bertz CT molecular complexity index is 374. The molecule has 0 aliphatic heterocycles. The van der Waals surface area contributed by atoms with Crippen molar-refractivity contribution < 1.29 is 4.43 Å². The van der Waals surface area contributed by atoms with Crippen molar-refractivity contribution in [2.75, 3.05) is 6.61 Å². The van der Waals surface area contributed by atoms with Gasteiger partial charge in [0.25, 0.3) is 0 Å². The minimum absolute atomic E-state index is 0.778. The summed E-state index contributed by atoms with van der Waals surface area (Å²) < 4.78 is 5.95. The van der Waals surface area contributed by atoms with Gasteiger partial charge in [0.15, 0.2) is 0 Å². The third kappa shape index (κ3) is 2.59. The van der Waals surface area contributed by atoms with E-state index in [0.29, 0.717) is 0 Å². The second-order valence-electron chi connectivity index (χ2n) is 3.66. The van der Waals surface area contributed by atoms with Crippen LogP contribution < -0.4 is 10.4 Å². The highest BCUT2D eigenvalue weighted by Gasteiger charge is 2.15. The molecule has 82 valence electrons. The summed E-state index contributed by atoms with van der Waals surface area (Å²) in [5, 5.41) is 2.69. The molecular weight excluding hydrogens is 212 g/mol. The summed E-state index contributed by atoms with van der Waals surface area (Å²) in [6.07, 6.45) is 0. The molecule has 0 N–H and O–H groups in total. The summed E-state index contributed by atoms with van der Waals surface area (Å²) in [7, 11) is -1.45. The molecular formula is C14H16OSi. The summed E-state index contributed by atoms with van der Waals surface area (Å²) in [5.41, 5.74) is 0. The van der Waals surface area contributed by atoms with Crippen molar-refractivity contribution in [3.8, 4) is 0 Å². The molecule has 0 saturated carbocycles. The van der Waals surface area contributed by atoms with E-state index in [9.17, 15) is 0 Å². The van der Waals surface area contributed by atoms with Gasteiger partial charge in [-0.1, -0.05) is 60.7 Å². The van der Waals surface area contributed by atoms with Crippen molar-refractivity contribution in [1.82, 2.24) is 0 Å². The molecule has 0 saturated heterocycles. The topological polar surface area (TPSA) is 9.23 Å². The Morgan fingerprint density at radius 1 is 0.812 bits per heavy atom. The fourth-order valence-electron chi connectivity index (χ4n) is 1.81. The van der Waals surface area contributed by atoms with Crippen molar-refractivity contribution in [1.29, 1.82) is 0 Å². The molecule has 2 aromatic rings. The van der Waals surface area contributed by atoms with E-state index in [-0.39, 0.29) is 0 Å². The van der Waals surface area contributed by atoms with Crippen LogP contribution in [0.1, 0.15) is 6.92 Å². The van der Waals surface area contributed by atoms with Crippen molar-refractivity contribution >= 4 is 19.4 Å². The SMILES string of the molecule is CCO[SiH](c1ccccc1)c1ccccc1. The first kappa shape index (κ1) is 11.1. The molecule has 0 spiro atoms. The van der Waals surface area contributed by atoms with Gasteiger partial charge in [0.1, 0.15) is 0 Å². The minimum atomic E-state index is -1.45. The Morgan fingerprint density at radius 3 is 1.62 bits per heavy atom. The van der Waals surface area contributed by atoms with E-state index in [1.54, 1.807) is 0 Å². The first-order valence-corrected chi connectivity index (χ1v) is 7.26. The van der Waals surface area contributed by atoms with Crippen LogP contribution >= 0.6 is 0 Å². The lowest BCUT2D eigenvalue weighted by Gasteiger charge is -2.15. The highest BCUT2D eigenvalue weighted by Crippen LogP contribution is 1.94. The Hall–Kier alpha value is -1.38. The third-order valence-electron chi connectivity index (χ3n) is 2.54. The van der Waals surface area contributed by atoms with Crippen LogP contribution in [-0.2, 0) is 4.43 Å². The molecule has 0 aliphatic rings. The van der Waals surface area contributed by atoms with Gasteiger partial charge in [-0.25, -0.2) is 0 Å². The maximum atomic E-state index is 5.95. The molecule has 0 aromatic heterocycles. The van der Waals surface area contributed by atoms with E-state index in [1.807, 2.05) is 12.1 Å². The number of rotatable bonds is 4. The number of benzene rings is 2. The van der Waals surface area contributed by atoms with Crippen LogP contribution in [0.25, 0.3) is 0 Å². The third-order valence-corrected chi connectivity index (χ3v) is 5.19. The molecule has 16 heavy (non-hydrogen) atoms. The van der Waals surface area contributed by atoms with Crippen LogP contribution in [0.2, 0.25) is 0 Å². The number of hydrogen-bond donors (Lipinski definition) is 0. The zero-order chi connectivity index (χ0) is 11.2. The van der Waals surface area contributed by atoms with Crippen LogP contribution in [0.5, 0.6) is 0 Å².